The SMILES string of the molecule is O=C1CCN(C(=O)CN2CCc3ccc(F)cc32)CC1. The summed E-state index contributed by atoms with van der Waals surface area (Å²) >= 11 is 0. The molecule has 1 saturated heterocycles. The Labute approximate surface area is 117 Å². The van der Waals surface area contributed by atoms with Gasteiger partial charge in [0.1, 0.15) is 11.6 Å². The number of benzene rings is 1. The van der Waals surface area contributed by atoms with Gasteiger partial charge in [0.2, 0.25) is 5.91 Å². The minimum absolute atomic E-state index is 0.0228. The van der Waals surface area contributed by atoms with Gasteiger partial charge < -0.3 is 9.80 Å². The van der Waals surface area contributed by atoms with Gasteiger partial charge in [-0.15, -0.1) is 0 Å². The number of rotatable bonds is 2. The lowest BCUT2D eigenvalue weighted by Gasteiger charge is -2.29. The number of Topliss-reactive ketones (excluding diaryl/α,β-unsaturated/α-hetero) is 1. The molecule has 20 heavy (non-hydrogen) atoms. The second kappa shape index (κ2) is 5.23. The van der Waals surface area contributed by atoms with E-state index in [-0.39, 0.29) is 24.1 Å². The molecule has 3 rings (SSSR count). The number of amides is 1. The molecule has 0 bridgehead atoms. The first-order chi connectivity index (χ1) is 9.63. The van der Waals surface area contributed by atoms with Crippen molar-refractivity contribution in [3.63, 3.8) is 0 Å². The third-order valence-corrected chi connectivity index (χ3v) is 4.04. The summed E-state index contributed by atoms with van der Waals surface area (Å²) in [6, 6.07) is 4.74. The van der Waals surface area contributed by atoms with Crippen LogP contribution in [0.15, 0.2) is 18.2 Å². The number of ketones is 1. The molecule has 1 aromatic carbocycles. The molecule has 0 unspecified atom stereocenters. The van der Waals surface area contributed by atoms with Crippen LogP contribution in [0.2, 0.25) is 0 Å². The van der Waals surface area contributed by atoms with Crippen LogP contribution in [0, 0.1) is 5.82 Å². The van der Waals surface area contributed by atoms with E-state index in [0.717, 1.165) is 24.2 Å². The van der Waals surface area contributed by atoms with E-state index >= 15 is 0 Å². The molecule has 4 nitrogen and oxygen atoms in total. The second-order valence-electron chi connectivity index (χ2n) is 5.36. The van der Waals surface area contributed by atoms with Crippen LogP contribution in [-0.2, 0) is 16.0 Å². The molecular weight excluding hydrogens is 259 g/mol. The summed E-state index contributed by atoms with van der Waals surface area (Å²) in [5.74, 6) is -0.0241. The lowest BCUT2D eigenvalue weighted by Crippen LogP contribution is -2.44. The van der Waals surface area contributed by atoms with Crippen LogP contribution in [-0.4, -0.2) is 42.8 Å². The first-order valence-electron chi connectivity index (χ1n) is 6.96. The van der Waals surface area contributed by atoms with Crippen LogP contribution in [0.4, 0.5) is 10.1 Å². The van der Waals surface area contributed by atoms with Gasteiger partial charge >= 0.3 is 0 Å². The van der Waals surface area contributed by atoms with Gasteiger partial charge in [-0.25, -0.2) is 4.39 Å². The zero-order valence-corrected chi connectivity index (χ0v) is 11.3. The molecule has 0 aromatic heterocycles. The topological polar surface area (TPSA) is 40.6 Å². The van der Waals surface area contributed by atoms with Gasteiger partial charge in [0.05, 0.1) is 6.54 Å². The van der Waals surface area contributed by atoms with E-state index in [1.54, 1.807) is 11.0 Å². The summed E-state index contributed by atoms with van der Waals surface area (Å²) in [4.78, 5) is 27.1. The number of hydrogen-bond acceptors (Lipinski definition) is 3. The second-order valence-corrected chi connectivity index (χ2v) is 5.36. The number of halogens is 1. The lowest BCUT2D eigenvalue weighted by molar-refractivity contribution is -0.133. The smallest absolute Gasteiger partial charge is 0.242 e. The molecular formula is C15H17FN2O2. The number of likely N-dealkylation sites (tertiary alicyclic amines) is 1. The van der Waals surface area contributed by atoms with Crippen molar-refractivity contribution in [2.45, 2.75) is 19.3 Å². The van der Waals surface area contributed by atoms with Crippen LogP contribution >= 0.6 is 0 Å². The fraction of sp³-hybridized carbons (Fsp3) is 0.467. The molecule has 5 heteroatoms. The largest absolute Gasteiger partial charge is 0.362 e. The Morgan fingerprint density at radius 2 is 1.90 bits per heavy atom. The highest BCUT2D eigenvalue weighted by Crippen LogP contribution is 2.28. The summed E-state index contributed by atoms with van der Waals surface area (Å²) in [6.07, 6.45) is 1.76. The quantitative estimate of drug-likeness (QED) is 0.819. The number of carbonyl (C=O) groups is 2. The minimum atomic E-state index is -0.272. The van der Waals surface area contributed by atoms with E-state index in [0.29, 0.717) is 25.9 Å². The van der Waals surface area contributed by atoms with E-state index < -0.39 is 0 Å². The van der Waals surface area contributed by atoms with Crippen molar-refractivity contribution in [2.24, 2.45) is 0 Å². The van der Waals surface area contributed by atoms with Gasteiger partial charge in [-0.2, -0.15) is 0 Å². The predicted octanol–water partition coefficient (Wildman–Crippen LogP) is 1.38. The van der Waals surface area contributed by atoms with Crippen molar-refractivity contribution in [3.8, 4) is 0 Å². The summed E-state index contributed by atoms with van der Waals surface area (Å²) in [5.41, 5.74) is 1.92. The molecule has 1 amide bonds. The van der Waals surface area contributed by atoms with Gasteiger partial charge in [0.15, 0.2) is 0 Å². The molecule has 0 N–H and O–H groups in total. The zero-order valence-electron chi connectivity index (χ0n) is 11.3. The maximum Gasteiger partial charge on any atom is 0.242 e. The van der Waals surface area contributed by atoms with Gasteiger partial charge in [-0.05, 0) is 24.1 Å². The Morgan fingerprint density at radius 1 is 1.15 bits per heavy atom. The Kier molecular flexibility index (Phi) is 3.42. The van der Waals surface area contributed by atoms with Crippen molar-refractivity contribution in [1.29, 1.82) is 0 Å². The van der Waals surface area contributed by atoms with Gasteiger partial charge in [0.25, 0.3) is 0 Å². The van der Waals surface area contributed by atoms with E-state index in [9.17, 15) is 14.0 Å². The average molecular weight is 276 g/mol. The highest BCUT2D eigenvalue weighted by Gasteiger charge is 2.26. The van der Waals surface area contributed by atoms with Crippen LogP contribution in [0.5, 0.6) is 0 Å². The first kappa shape index (κ1) is 13.1. The first-order valence-corrected chi connectivity index (χ1v) is 6.96. The van der Waals surface area contributed by atoms with Gasteiger partial charge in [-0.3, -0.25) is 9.59 Å². The maximum atomic E-state index is 13.3. The van der Waals surface area contributed by atoms with Crippen LogP contribution in [0.25, 0.3) is 0 Å². The van der Waals surface area contributed by atoms with Gasteiger partial charge in [0, 0.05) is 38.2 Å². The number of anilines is 1. The van der Waals surface area contributed by atoms with Crippen molar-refractivity contribution < 1.29 is 14.0 Å². The Balaban J connectivity index is 1.66. The Bertz CT molecular complexity index is 549. The lowest BCUT2D eigenvalue weighted by atomic mass is 10.1. The van der Waals surface area contributed by atoms with E-state index in [2.05, 4.69) is 0 Å². The van der Waals surface area contributed by atoms with E-state index in [1.807, 2.05) is 4.90 Å². The molecule has 106 valence electrons. The third-order valence-electron chi connectivity index (χ3n) is 4.04. The Hall–Kier alpha value is -1.91. The maximum absolute atomic E-state index is 13.3. The highest BCUT2D eigenvalue weighted by molar-refractivity contribution is 5.86. The molecule has 2 aliphatic heterocycles. The highest BCUT2D eigenvalue weighted by atomic mass is 19.1. The van der Waals surface area contributed by atoms with Crippen LogP contribution < -0.4 is 4.90 Å². The minimum Gasteiger partial charge on any atom is -0.362 e. The molecule has 0 atom stereocenters. The Morgan fingerprint density at radius 3 is 2.65 bits per heavy atom. The van der Waals surface area contributed by atoms with Crippen LogP contribution in [0.1, 0.15) is 18.4 Å². The van der Waals surface area contributed by atoms with Crippen molar-refractivity contribution in [2.75, 3.05) is 31.1 Å². The fourth-order valence-electron chi connectivity index (χ4n) is 2.85. The van der Waals surface area contributed by atoms with E-state index in [4.69, 9.17) is 0 Å². The summed E-state index contributed by atoms with van der Waals surface area (Å²) in [6.45, 7) is 2.05. The average Bonchev–Trinajstić information content (AvgIpc) is 2.82. The predicted molar refractivity (Wildman–Crippen MR) is 73.1 cm³/mol. The van der Waals surface area contributed by atoms with Crippen molar-refractivity contribution >= 4 is 17.4 Å². The summed E-state index contributed by atoms with van der Waals surface area (Å²) in [5, 5.41) is 0. The molecule has 0 saturated carbocycles. The van der Waals surface area contributed by atoms with Crippen LogP contribution in [0.3, 0.4) is 0 Å². The summed E-state index contributed by atoms with van der Waals surface area (Å²) < 4.78 is 13.3. The monoisotopic (exact) mass is 276 g/mol. The van der Waals surface area contributed by atoms with Crippen molar-refractivity contribution in [1.82, 2.24) is 4.90 Å². The van der Waals surface area contributed by atoms with E-state index in [1.165, 1.54) is 12.1 Å². The number of nitrogens with zero attached hydrogens (tertiary/aromatic N) is 2. The number of carbonyl (C=O) groups excluding carboxylic acids is 2. The third kappa shape index (κ3) is 2.53. The fourth-order valence-corrected chi connectivity index (χ4v) is 2.85. The standard InChI is InChI=1S/C15H17FN2O2/c16-12-2-1-11-3-6-18(14(11)9-12)10-15(20)17-7-4-13(19)5-8-17/h1-2,9H,3-8,10H2. The number of piperidine rings is 1. The van der Waals surface area contributed by atoms with Gasteiger partial charge in [-0.1, -0.05) is 6.07 Å². The molecule has 0 aliphatic carbocycles. The zero-order chi connectivity index (χ0) is 14.1. The summed E-state index contributed by atoms with van der Waals surface area (Å²) in [7, 11) is 0. The van der Waals surface area contributed by atoms with Crippen molar-refractivity contribution in [3.05, 3.63) is 29.6 Å². The molecule has 0 radical (unpaired) electrons. The molecule has 2 heterocycles. The molecule has 1 fully saturated rings. The molecule has 2 aliphatic rings. The number of hydrogen-bond donors (Lipinski definition) is 0. The molecule has 0 spiro atoms. The molecule has 1 aromatic rings. The normalized spacial score (nSPS) is 18.4. The number of fused-ring (bicyclic) bond motifs is 1.